The molecule has 174 valence electrons. The molecule has 0 aromatic heterocycles. The standard InChI is InChI=1S/C25H32Cl2N2O3/c1-6-11-28-25(31)22(7-2)29(14-19-20(26)9-8-10-21(19)27)24(30)15-32-23-13-16(3)12-17(4)18(23)5/h8-10,12-13,22H,6-7,11,14-15H2,1-5H3,(H,28,31)/t22-/m0/s1. The number of ether oxygens (including phenoxy) is 1. The molecule has 5 nitrogen and oxygen atoms in total. The molecule has 0 aliphatic rings. The molecule has 0 radical (unpaired) electrons. The largest absolute Gasteiger partial charge is 0.483 e. The molecule has 2 amide bonds. The second kappa shape index (κ2) is 12.1. The number of hydrogen-bond acceptors (Lipinski definition) is 3. The van der Waals surface area contributed by atoms with Crippen molar-refractivity contribution in [3.8, 4) is 5.75 Å². The van der Waals surface area contributed by atoms with E-state index in [4.69, 9.17) is 27.9 Å². The normalized spacial score (nSPS) is 11.7. The molecule has 1 atom stereocenters. The Morgan fingerprint density at radius 3 is 2.34 bits per heavy atom. The molecular weight excluding hydrogens is 447 g/mol. The van der Waals surface area contributed by atoms with Crippen LogP contribution in [-0.4, -0.2) is 35.9 Å². The van der Waals surface area contributed by atoms with Crippen molar-refractivity contribution in [1.29, 1.82) is 0 Å². The number of hydrogen-bond donors (Lipinski definition) is 1. The fraction of sp³-hybridized carbons (Fsp3) is 0.440. The van der Waals surface area contributed by atoms with Crippen LogP contribution in [0, 0.1) is 20.8 Å². The lowest BCUT2D eigenvalue weighted by atomic mass is 10.1. The van der Waals surface area contributed by atoms with Gasteiger partial charge in [-0.3, -0.25) is 9.59 Å². The number of benzene rings is 2. The van der Waals surface area contributed by atoms with Crippen molar-refractivity contribution in [3.63, 3.8) is 0 Å². The summed E-state index contributed by atoms with van der Waals surface area (Å²) >= 11 is 12.7. The lowest BCUT2D eigenvalue weighted by Crippen LogP contribution is -2.50. The Hall–Kier alpha value is -2.24. The number of nitrogens with one attached hydrogen (secondary N) is 1. The third-order valence-corrected chi connectivity index (χ3v) is 6.15. The first-order chi connectivity index (χ1) is 15.2. The fourth-order valence-corrected chi connectivity index (χ4v) is 4.03. The minimum atomic E-state index is -0.662. The van der Waals surface area contributed by atoms with Gasteiger partial charge in [-0.2, -0.15) is 0 Å². The van der Waals surface area contributed by atoms with E-state index in [-0.39, 0.29) is 25.0 Å². The first-order valence-electron chi connectivity index (χ1n) is 10.9. The fourth-order valence-electron chi connectivity index (χ4n) is 3.51. The number of nitrogens with zero attached hydrogens (tertiary/aromatic N) is 1. The number of carbonyl (C=O) groups is 2. The van der Waals surface area contributed by atoms with Crippen LogP contribution in [0.3, 0.4) is 0 Å². The Kier molecular flexibility index (Phi) is 9.85. The van der Waals surface area contributed by atoms with E-state index in [1.54, 1.807) is 18.2 Å². The molecule has 0 saturated carbocycles. The number of amides is 2. The van der Waals surface area contributed by atoms with E-state index in [0.717, 1.165) is 23.1 Å². The van der Waals surface area contributed by atoms with Crippen LogP contribution in [0.2, 0.25) is 10.0 Å². The van der Waals surface area contributed by atoms with Crippen LogP contribution in [0.5, 0.6) is 5.75 Å². The molecule has 2 aromatic carbocycles. The van der Waals surface area contributed by atoms with E-state index < -0.39 is 6.04 Å². The molecule has 0 fully saturated rings. The van der Waals surface area contributed by atoms with Gasteiger partial charge in [0.2, 0.25) is 5.91 Å². The maximum atomic E-state index is 13.3. The smallest absolute Gasteiger partial charge is 0.261 e. The first-order valence-corrected chi connectivity index (χ1v) is 11.7. The summed E-state index contributed by atoms with van der Waals surface area (Å²) in [6.07, 6.45) is 1.26. The number of rotatable bonds is 10. The highest BCUT2D eigenvalue weighted by atomic mass is 35.5. The van der Waals surface area contributed by atoms with E-state index in [1.807, 2.05) is 40.7 Å². The Labute approximate surface area is 201 Å². The summed E-state index contributed by atoms with van der Waals surface area (Å²) in [7, 11) is 0. The number of aryl methyl sites for hydroxylation is 2. The van der Waals surface area contributed by atoms with Crippen molar-refractivity contribution < 1.29 is 14.3 Å². The van der Waals surface area contributed by atoms with Crippen LogP contribution in [0.25, 0.3) is 0 Å². The second-order valence-corrected chi connectivity index (χ2v) is 8.74. The molecule has 0 saturated heterocycles. The van der Waals surface area contributed by atoms with Crippen molar-refractivity contribution >= 4 is 35.0 Å². The van der Waals surface area contributed by atoms with Gasteiger partial charge in [-0.25, -0.2) is 0 Å². The van der Waals surface area contributed by atoms with Gasteiger partial charge in [0.1, 0.15) is 11.8 Å². The second-order valence-electron chi connectivity index (χ2n) is 7.93. The predicted octanol–water partition coefficient (Wildman–Crippen LogP) is 5.63. The topological polar surface area (TPSA) is 58.6 Å². The Morgan fingerprint density at radius 2 is 1.75 bits per heavy atom. The Balaban J connectivity index is 2.32. The lowest BCUT2D eigenvalue weighted by Gasteiger charge is -2.31. The average molecular weight is 479 g/mol. The molecule has 1 N–H and O–H groups in total. The van der Waals surface area contributed by atoms with E-state index >= 15 is 0 Å². The van der Waals surface area contributed by atoms with E-state index in [0.29, 0.717) is 34.3 Å². The van der Waals surface area contributed by atoms with Gasteiger partial charge >= 0.3 is 0 Å². The van der Waals surface area contributed by atoms with E-state index in [1.165, 1.54) is 4.90 Å². The molecule has 2 rings (SSSR count). The third-order valence-electron chi connectivity index (χ3n) is 5.44. The van der Waals surface area contributed by atoms with Crippen LogP contribution < -0.4 is 10.1 Å². The van der Waals surface area contributed by atoms with Gasteiger partial charge in [-0.05, 0) is 68.5 Å². The van der Waals surface area contributed by atoms with Crippen molar-refractivity contribution in [2.24, 2.45) is 0 Å². The number of carbonyl (C=O) groups excluding carboxylic acids is 2. The molecule has 0 unspecified atom stereocenters. The van der Waals surface area contributed by atoms with Gasteiger partial charge in [-0.1, -0.05) is 49.2 Å². The maximum Gasteiger partial charge on any atom is 0.261 e. The summed E-state index contributed by atoms with van der Waals surface area (Å²) in [6.45, 7) is 10.3. The van der Waals surface area contributed by atoms with Crippen molar-refractivity contribution in [3.05, 3.63) is 62.6 Å². The van der Waals surface area contributed by atoms with Gasteiger partial charge in [0, 0.05) is 28.7 Å². The Morgan fingerprint density at radius 1 is 1.09 bits per heavy atom. The molecule has 0 aliphatic heterocycles. The zero-order valence-electron chi connectivity index (χ0n) is 19.4. The van der Waals surface area contributed by atoms with Crippen LogP contribution in [0.1, 0.15) is 48.9 Å². The number of halogens is 2. The molecule has 0 spiro atoms. The molecule has 7 heteroatoms. The zero-order valence-corrected chi connectivity index (χ0v) is 20.9. The summed E-state index contributed by atoms with van der Waals surface area (Å²) in [5, 5.41) is 3.79. The zero-order chi connectivity index (χ0) is 23.8. The molecule has 2 aromatic rings. The van der Waals surface area contributed by atoms with Crippen molar-refractivity contribution in [2.75, 3.05) is 13.2 Å². The molecular formula is C25H32Cl2N2O3. The first kappa shape index (κ1) is 26.0. The van der Waals surface area contributed by atoms with Crippen molar-refractivity contribution in [1.82, 2.24) is 10.2 Å². The van der Waals surface area contributed by atoms with Gasteiger partial charge in [-0.15, -0.1) is 0 Å². The summed E-state index contributed by atoms with van der Waals surface area (Å²) < 4.78 is 5.91. The van der Waals surface area contributed by atoms with Crippen LogP contribution in [-0.2, 0) is 16.1 Å². The molecule has 0 heterocycles. The highest BCUT2D eigenvalue weighted by Gasteiger charge is 2.30. The monoisotopic (exact) mass is 478 g/mol. The summed E-state index contributed by atoms with van der Waals surface area (Å²) in [6, 6.07) is 8.51. The van der Waals surface area contributed by atoms with Crippen LogP contribution in [0.15, 0.2) is 30.3 Å². The van der Waals surface area contributed by atoms with E-state index in [9.17, 15) is 9.59 Å². The van der Waals surface area contributed by atoms with Crippen LogP contribution in [0.4, 0.5) is 0 Å². The SMILES string of the molecule is CCCNC(=O)[C@H](CC)N(Cc1c(Cl)cccc1Cl)C(=O)COc1cc(C)cc(C)c1C. The van der Waals surface area contributed by atoms with Crippen LogP contribution >= 0.6 is 23.2 Å². The Bertz CT molecular complexity index is 942. The average Bonchev–Trinajstić information content (AvgIpc) is 2.75. The molecule has 0 bridgehead atoms. The maximum absolute atomic E-state index is 13.3. The van der Waals surface area contributed by atoms with Gasteiger partial charge in [0.15, 0.2) is 6.61 Å². The minimum Gasteiger partial charge on any atom is -0.483 e. The summed E-state index contributed by atoms with van der Waals surface area (Å²) in [4.78, 5) is 27.7. The van der Waals surface area contributed by atoms with Gasteiger partial charge in [0.25, 0.3) is 5.91 Å². The van der Waals surface area contributed by atoms with Gasteiger partial charge in [0.05, 0.1) is 0 Å². The predicted molar refractivity (Wildman–Crippen MR) is 131 cm³/mol. The highest BCUT2D eigenvalue weighted by Crippen LogP contribution is 2.28. The van der Waals surface area contributed by atoms with E-state index in [2.05, 4.69) is 11.4 Å². The molecule has 0 aliphatic carbocycles. The molecule has 32 heavy (non-hydrogen) atoms. The highest BCUT2D eigenvalue weighted by molar-refractivity contribution is 6.36. The van der Waals surface area contributed by atoms with Gasteiger partial charge < -0.3 is 15.0 Å². The van der Waals surface area contributed by atoms with Crippen molar-refractivity contribution in [2.45, 2.75) is 60.0 Å². The minimum absolute atomic E-state index is 0.116. The summed E-state index contributed by atoms with van der Waals surface area (Å²) in [5.74, 6) is 0.154. The lowest BCUT2D eigenvalue weighted by molar-refractivity contribution is -0.143. The summed E-state index contributed by atoms with van der Waals surface area (Å²) in [5.41, 5.74) is 3.74. The third kappa shape index (κ3) is 6.63. The quantitative estimate of drug-likeness (QED) is 0.481.